The van der Waals surface area contributed by atoms with Crippen LogP contribution in [-0.2, 0) is 14.3 Å². The highest BCUT2D eigenvalue weighted by molar-refractivity contribution is 7.81. The molecule has 2 unspecified atom stereocenters. The molecule has 0 aromatic carbocycles. The number of rotatable bonds is 4. The maximum absolute atomic E-state index is 12.2. The van der Waals surface area contributed by atoms with Crippen LogP contribution < -0.4 is 5.32 Å². The number of hydrogen-bond acceptors (Lipinski definition) is 5. The molecule has 4 nitrogen and oxygen atoms in total. The first-order valence-corrected chi connectivity index (χ1v) is 8.22. The summed E-state index contributed by atoms with van der Waals surface area (Å²) in [6.45, 7) is 5.11. The van der Waals surface area contributed by atoms with E-state index in [2.05, 4.69) is 31.8 Å². The van der Waals surface area contributed by atoms with E-state index >= 15 is 0 Å². The van der Waals surface area contributed by atoms with Gasteiger partial charge in [0.2, 0.25) is 0 Å². The lowest BCUT2D eigenvalue weighted by Gasteiger charge is -2.32. The molecule has 1 heterocycles. The van der Waals surface area contributed by atoms with Gasteiger partial charge < -0.3 is 10.1 Å². The number of esters is 2. The molecule has 1 saturated heterocycles. The third kappa shape index (κ3) is 2.89. The maximum atomic E-state index is 12.2. The average molecular weight is 299 g/mol. The molecule has 1 N–H and O–H groups in total. The van der Waals surface area contributed by atoms with Gasteiger partial charge in [0.15, 0.2) is 0 Å². The summed E-state index contributed by atoms with van der Waals surface area (Å²) in [5.41, 5.74) is 0.113. The molecule has 0 radical (unpaired) electrons. The van der Waals surface area contributed by atoms with Gasteiger partial charge in [0.05, 0.1) is 5.92 Å². The summed E-state index contributed by atoms with van der Waals surface area (Å²) in [6.07, 6.45) is 5.51. The maximum Gasteiger partial charge on any atom is 0.330 e. The van der Waals surface area contributed by atoms with Crippen LogP contribution in [0.25, 0.3) is 0 Å². The molecule has 0 aromatic heterocycles. The molecule has 1 saturated carbocycles. The highest BCUT2D eigenvalue weighted by Crippen LogP contribution is 2.50. The normalized spacial score (nSPS) is 32.2. The van der Waals surface area contributed by atoms with Crippen molar-refractivity contribution >= 4 is 24.6 Å². The average Bonchev–Trinajstić information content (AvgIpc) is 3.07. The van der Waals surface area contributed by atoms with Crippen LogP contribution in [-0.4, -0.2) is 29.8 Å². The Balaban J connectivity index is 1.94. The smallest absolute Gasteiger partial charge is 0.330 e. The standard InChI is InChI=1S/C15H25NO3S/c1-3-15(4-2)8-7-10(12(15)20)13(17)19-14(18)11-6-5-9-16-11/h10-12,16,20H,3-9H2,1-2H3/t10?,11-,12?/m0/s1. The van der Waals surface area contributed by atoms with Gasteiger partial charge in [-0.3, -0.25) is 4.79 Å². The van der Waals surface area contributed by atoms with E-state index in [1.54, 1.807) is 0 Å². The molecule has 1 aliphatic heterocycles. The van der Waals surface area contributed by atoms with E-state index < -0.39 is 5.97 Å². The van der Waals surface area contributed by atoms with Gasteiger partial charge in [-0.2, -0.15) is 12.6 Å². The fourth-order valence-corrected chi connectivity index (χ4v) is 4.34. The molecule has 20 heavy (non-hydrogen) atoms. The van der Waals surface area contributed by atoms with Crippen LogP contribution >= 0.6 is 12.6 Å². The van der Waals surface area contributed by atoms with E-state index in [9.17, 15) is 9.59 Å². The molecule has 5 heteroatoms. The second kappa shape index (κ2) is 6.48. The Kier molecular flexibility index (Phi) is 5.13. The van der Waals surface area contributed by atoms with Crippen LogP contribution in [0.4, 0.5) is 0 Å². The van der Waals surface area contributed by atoms with Gasteiger partial charge >= 0.3 is 11.9 Å². The Bertz CT molecular complexity index is 375. The predicted octanol–water partition coefficient (Wildman–Crippen LogP) is 2.32. The molecule has 0 bridgehead atoms. The van der Waals surface area contributed by atoms with Gasteiger partial charge in [0.1, 0.15) is 6.04 Å². The number of carbonyl (C=O) groups excluding carboxylic acids is 2. The van der Waals surface area contributed by atoms with Crippen molar-refractivity contribution in [1.82, 2.24) is 5.32 Å². The Labute approximate surface area is 126 Å². The van der Waals surface area contributed by atoms with E-state index in [0.29, 0.717) is 0 Å². The third-order valence-corrected chi connectivity index (χ3v) is 6.13. The van der Waals surface area contributed by atoms with Crippen molar-refractivity contribution < 1.29 is 14.3 Å². The minimum atomic E-state index is -0.418. The van der Waals surface area contributed by atoms with Crippen LogP contribution in [0.1, 0.15) is 52.4 Å². The Morgan fingerprint density at radius 2 is 1.95 bits per heavy atom. The number of ether oxygens (including phenoxy) is 1. The summed E-state index contributed by atoms with van der Waals surface area (Å²) >= 11 is 4.67. The molecule has 0 spiro atoms. The quantitative estimate of drug-likeness (QED) is 0.475. The van der Waals surface area contributed by atoms with Crippen molar-refractivity contribution in [2.75, 3.05) is 6.54 Å². The lowest BCUT2D eigenvalue weighted by atomic mass is 9.79. The summed E-state index contributed by atoms with van der Waals surface area (Å²) in [6, 6.07) is -0.305. The molecule has 1 aliphatic carbocycles. The van der Waals surface area contributed by atoms with E-state index in [1.807, 2.05) is 0 Å². The number of nitrogens with one attached hydrogen (secondary N) is 1. The lowest BCUT2D eigenvalue weighted by molar-refractivity contribution is -0.163. The fourth-order valence-electron chi connectivity index (χ4n) is 3.58. The van der Waals surface area contributed by atoms with Crippen LogP contribution in [0.5, 0.6) is 0 Å². The second-order valence-corrected chi connectivity index (χ2v) is 6.60. The molecule has 2 aliphatic rings. The molecular weight excluding hydrogens is 274 g/mol. The van der Waals surface area contributed by atoms with Gasteiger partial charge in [0, 0.05) is 5.25 Å². The number of thiol groups is 1. The first-order valence-electron chi connectivity index (χ1n) is 7.71. The molecule has 3 atom stereocenters. The molecule has 2 fully saturated rings. The van der Waals surface area contributed by atoms with Gasteiger partial charge in [-0.15, -0.1) is 0 Å². The summed E-state index contributed by atoms with van der Waals surface area (Å²) in [4.78, 5) is 24.1. The van der Waals surface area contributed by atoms with E-state index in [0.717, 1.165) is 45.1 Å². The van der Waals surface area contributed by atoms with Crippen LogP contribution in [0.3, 0.4) is 0 Å². The molecule has 2 rings (SSSR count). The Hall–Kier alpha value is -0.550. The van der Waals surface area contributed by atoms with Gasteiger partial charge in [-0.25, -0.2) is 4.79 Å². The highest BCUT2D eigenvalue weighted by Gasteiger charge is 2.48. The molecule has 114 valence electrons. The summed E-state index contributed by atoms with van der Waals surface area (Å²) in [5.74, 6) is -1.05. The van der Waals surface area contributed by atoms with E-state index in [1.165, 1.54) is 0 Å². The molecular formula is C15H25NO3S. The van der Waals surface area contributed by atoms with Crippen molar-refractivity contribution in [3.8, 4) is 0 Å². The van der Waals surface area contributed by atoms with Crippen molar-refractivity contribution in [1.29, 1.82) is 0 Å². The summed E-state index contributed by atoms with van der Waals surface area (Å²) < 4.78 is 5.08. The Morgan fingerprint density at radius 3 is 2.45 bits per heavy atom. The Morgan fingerprint density at radius 1 is 1.25 bits per heavy atom. The van der Waals surface area contributed by atoms with Crippen LogP contribution in [0.15, 0.2) is 0 Å². The highest BCUT2D eigenvalue weighted by atomic mass is 32.1. The van der Waals surface area contributed by atoms with E-state index in [4.69, 9.17) is 4.74 Å². The van der Waals surface area contributed by atoms with Crippen molar-refractivity contribution in [3.05, 3.63) is 0 Å². The van der Waals surface area contributed by atoms with Crippen LogP contribution in [0.2, 0.25) is 0 Å². The lowest BCUT2D eigenvalue weighted by Crippen LogP contribution is -2.37. The zero-order chi connectivity index (χ0) is 14.8. The second-order valence-electron chi connectivity index (χ2n) is 6.05. The fraction of sp³-hybridized carbons (Fsp3) is 0.867. The first kappa shape index (κ1) is 15.8. The summed E-state index contributed by atoms with van der Waals surface area (Å²) in [7, 11) is 0. The molecule has 0 amide bonds. The van der Waals surface area contributed by atoms with Crippen molar-refractivity contribution in [2.24, 2.45) is 11.3 Å². The van der Waals surface area contributed by atoms with Gasteiger partial charge in [0.25, 0.3) is 0 Å². The SMILES string of the molecule is CCC1(CC)CCC(C(=O)OC(=O)[C@@H]2CCCN2)C1S. The predicted molar refractivity (Wildman–Crippen MR) is 80.6 cm³/mol. The van der Waals surface area contributed by atoms with Crippen LogP contribution in [0, 0.1) is 11.3 Å². The van der Waals surface area contributed by atoms with Crippen molar-refractivity contribution in [3.63, 3.8) is 0 Å². The number of carbonyl (C=O) groups is 2. The summed E-state index contributed by atoms with van der Waals surface area (Å²) in [5, 5.41) is 3.05. The van der Waals surface area contributed by atoms with Gasteiger partial charge in [-0.1, -0.05) is 13.8 Å². The monoisotopic (exact) mass is 299 g/mol. The van der Waals surface area contributed by atoms with Gasteiger partial charge in [-0.05, 0) is 50.5 Å². The van der Waals surface area contributed by atoms with E-state index in [-0.39, 0.29) is 28.6 Å². The minimum absolute atomic E-state index is 0.00524. The number of hydrogen-bond donors (Lipinski definition) is 2. The largest absolute Gasteiger partial charge is 0.392 e. The minimum Gasteiger partial charge on any atom is -0.392 e. The third-order valence-electron chi connectivity index (χ3n) is 5.22. The first-order chi connectivity index (χ1) is 9.54. The van der Waals surface area contributed by atoms with Crippen molar-refractivity contribution in [2.45, 2.75) is 63.7 Å². The zero-order valence-corrected chi connectivity index (χ0v) is 13.2. The zero-order valence-electron chi connectivity index (χ0n) is 12.4. The molecule has 0 aromatic rings. The topological polar surface area (TPSA) is 55.4 Å².